The summed E-state index contributed by atoms with van der Waals surface area (Å²) >= 11 is 6.12. The van der Waals surface area contributed by atoms with Crippen molar-refractivity contribution in [1.82, 2.24) is 9.55 Å². The molecular formula is C25H21ClN4O2. The normalized spacial score (nSPS) is 13.0. The molecule has 2 amide bonds. The lowest BCUT2D eigenvalue weighted by Gasteiger charge is -2.18. The van der Waals surface area contributed by atoms with Gasteiger partial charge in [0.15, 0.2) is 0 Å². The Morgan fingerprint density at radius 1 is 1.09 bits per heavy atom. The second kappa shape index (κ2) is 7.80. The van der Waals surface area contributed by atoms with E-state index < -0.39 is 0 Å². The fourth-order valence-electron chi connectivity index (χ4n) is 4.04. The maximum atomic E-state index is 12.7. The number of amides is 2. The first-order valence-corrected chi connectivity index (χ1v) is 10.7. The average molecular weight is 445 g/mol. The van der Waals surface area contributed by atoms with Crippen molar-refractivity contribution in [2.45, 2.75) is 19.9 Å². The molecule has 6 nitrogen and oxygen atoms in total. The summed E-state index contributed by atoms with van der Waals surface area (Å²) < 4.78 is 1.99. The Labute approximate surface area is 190 Å². The maximum Gasteiger partial charge on any atom is 0.255 e. The van der Waals surface area contributed by atoms with Gasteiger partial charge in [-0.25, -0.2) is 4.98 Å². The number of anilines is 2. The van der Waals surface area contributed by atoms with Crippen molar-refractivity contribution >= 4 is 45.8 Å². The number of carbonyl (C=O) groups excluding carboxylic acids is 2. The molecule has 7 heteroatoms. The molecule has 3 aromatic carbocycles. The van der Waals surface area contributed by atoms with Crippen molar-refractivity contribution in [3.8, 4) is 0 Å². The molecule has 0 saturated heterocycles. The van der Waals surface area contributed by atoms with Gasteiger partial charge in [-0.3, -0.25) is 9.59 Å². The van der Waals surface area contributed by atoms with Crippen LogP contribution in [0.15, 0.2) is 60.7 Å². The molecule has 0 aliphatic carbocycles. The highest BCUT2D eigenvalue weighted by Crippen LogP contribution is 2.32. The fourth-order valence-corrected chi connectivity index (χ4v) is 4.21. The molecule has 160 valence electrons. The van der Waals surface area contributed by atoms with Crippen LogP contribution in [0.4, 0.5) is 11.4 Å². The van der Waals surface area contributed by atoms with Gasteiger partial charge < -0.3 is 14.8 Å². The van der Waals surface area contributed by atoms with Gasteiger partial charge in [0.05, 0.1) is 24.0 Å². The van der Waals surface area contributed by atoms with Gasteiger partial charge in [0, 0.05) is 29.0 Å². The summed E-state index contributed by atoms with van der Waals surface area (Å²) in [5.74, 6) is 0.760. The summed E-state index contributed by atoms with van der Waals surface area (Å²) in [7, 11) is 1.95. The number of aryl methyl sites for hydroxylation is 2. The molecule has 0 bridgehead atoms. The van der Waals surface area contributed by atoms with Crippen LogP contribution in [0.25, 0.3) is 11.0 Å². The van der Waals surface area contributed by atoms with Gasteiger partial charge in [0.2, 0.25) is 5.91 Å². The number of benzene rings is 3. The van der Waals surface area contributed by atoms with Gasteiger partial charge in [0.1, 0.15) is 5.82 Å². The Morgan fingerprint density at radius 3 is 2.66 bits per heavy atom. The number of nitrogens with zero attached hydrogens (tertiary/aromatic N) is 3. The number of carbonyl (C=O) groups is 2. The lowest BCUT2D eigenvalue weighted by atomic mass is 10.1. The summed E-state index contributed by atoms with van der Waals surface area (Å²) in [5.41, 5.74) is 5.84. The van der Waals surface area contributed by atoms with Crippen LogP contribution in [0.1, 0.15) is 27.3 Å². The third-order valence-corrected chi connectivity index (χ3v) is 6.14. The highest BCUT2D eigenvalue weighted by atomic mass is 35.5. The molecule has 0 radical (unpaired) electrons. The van der Waals surface area contributed by atoms with Crippen LogP contribution < -0.4 is 10.2 Å². The number of hydrogen-bond acceptors (Lipinski definition) is 3. The zero-order chi connectivity index (χ0) is 22.4. The van der Waals surface area contributed by atoms with Gasteiger partial charge in [-0.2, -0.15) is 0 Å². The van der Waals surface area contributed by atoms with E-state index in [0.717, 1.165) is 33.7 Å². The first-order valence-electron chi connectivity index (χ1n) is 10.3. The van der Waals surface area contributed by atoms with Crippen LogP contribution in [-0.2, 0) is 24.8 Å². The quantitative estimate of drug-likeness (QED) is 0.488. The van der Waals surface area contributed by atoms with Crippen LogP contribution in [0.5, 0.6) is 0 Å². The Kier molecular flexibility index (Phi) is 4.94. The number of hydrogen-bond donors (Lipinski definition) is 1. The number of nitrogens with one attached hydrogen (secondary N) is 1. The Balaban J connectivity index is 1.30. The minimum atomic E-state index is -0.193. The third-order valence-electron chi connectivity index (χ3n) is 5.90. The van der Waals surface area contributed by atoms with E-state index in [1.54, 1.807) is 23.1 Å². The molecule has 32 heavy (non-hydrogen) atoms. The molecule has 1 aromatic heterocycles. The minimum Gasteiger partial charge on any atom is -0.331 e. The maximum absolute atomic E-state index is 12.7. The zero-order valence-corrected chi connectivity index (χ0v) is 18.5. The van der Waals surface area contributed by atoms with Crippen molar-refractivity contribution in [3.05, 3.63) is 88.2 Å². The third kappa shape index (κ3) is 3.63. The average Bonchev–Trinajstić information content (AvgIpc) is 3.24. The first-order chi connectivity index (χ1) is 15.4. The molecule has 1 aliphatic heterocycles. The molecule has 1 N–H and O–H groups in total. The van der Waals surface area contributed by atoms with E-state index in [1.807, 2.05) is 61.0 Å². The number of halogens is 1. The molecule has 0 atom stereocenters. The number of aromatic nitrogens is 2. The van der Waals surface area contributed by atoms with E-state index in [4.69, 9.17) is 11.6 Å². The van der Waals surface area contributed by atoms with Crippen molar-refractivity contribution in [2.24, 2.45) is 7.05 Å². The number of rotatable bonds is 4. The summed E-state index contributed by atoms with van der Waals surface area (Å²) in [4.78, 5) is 31.4. The second-order valence-electron chi connectivity index (χ2n) is 8.00. The Hall–Kier alpha value is -3.64. The van der Waals surface area contributed by atoms with Crippen LogP contribution in [0, 0.1) is 6.92 Å². The van der Waals surface area contributed by atoms with Crippen LogP contribution in [-0.4, -0.2) is 21.4 Å². The lowest BCUT2D eigenvalue weighted by Crippen LogP contribution is -2.26. The molecule has 2 heterocycles. The monoisotopic (exact) mass is 444 g/mol. The van der Waals surface area contributed by atoms with Gasteiger partial charge >= 0.3 is 0 Å². The molecule has 0 unspecified atom stereocenters. The number of fused-ring (bicyclic) bond motifs is 2. The predicted octanol–water partition coefficient (Wildman–Crippen LogP) is 4.88. The van der Waals surface area contributed by atoms with Crippen molar-refractivity contribution in [3.63, 3.8) is 0 Å². The minimum absolute atomic E-state index is 0.0554. The van der Waals surface area contributed by atoms with E-state index in [-0.39, 0.29) is 11.8 Å². The molecule has 5 rings (SSSR count). The van der Waals surface area contributed by atoms with E-state index >= 15 is 0 Å². The van der Waals surface area contributed by atoms with Gasteiger partial charge in [-0.15, -0.1) is 0 Å². The first kappa shape index (κ1) is 20.3. The smallest absolute Gasteiger partial charge is 0.255 e. The van der Waals surface area contributed by atoms with E-state index in [1.165, 1.54) is 0 Å². The second-order valence-corrected chi connectivity index (χ2v) is 8.44. The lowest BCUT2D eigenvalue weighted by molar-refractivity contribution is -0.117. The van der Waals surface area contributed by atoms with Crippen LogP contribution in [0.3, 0.4) is 0 Å². The molecule has 4 aromatic rings. The highest BCUT2D eigenvalue weighted by Gasteiger charge is 2.27. The molecule has 1 aliphatic rings. The summed E-state index contributed by atoms with van der Waals surface area (Å²) in [5, 5.41) is 3.54. The predicted molar refractivity (Wildman–Crippen MR) is 126 cm³/mol. The molecule has 0 saturated carbocycles. The molecular weight excluding hydrogens is 424 g/mol. The van der Waals surface area contributed by atoms with E-state index in [2.05, 4.69) is 10.3 Å². The van der Waals surface area contributed by atoms with Crippen LogP contribution >= 0.6 is 11.6 Å². The van der Waals surface area contributed by atoms with E-state index in [9.17, 15) is 9.59 Å². The van der Waals surface area contributed by atoms with Gasteiger partial charge in [-0.05, 0) is 60.5 Å². The summed E-state index contributed by atoms with van der Waals surface area (Å²) in [6.45, 7) is 2.39. The summed E-state index contributed by atoms with van der Waals surface area (Å²) in [6, 6.07) is 18.6. The van der Waals surface area contributed by atoms with Crippen molar-refractivity contribution in [1.29, 1.82) is 0 Å². The van der Waals surface area contributed by atoms with Crippen molar-refractivity contribution < 1.29 is 9.59 Å². The number of imidazole rings is 1. The Bertz CT molecular complexity index is 1370. The highest BCUT2D eigenvalue weighted by molar-refractivity contribution is 6.31. The van der Waals surface area contributed by atoms with Gasteiger partial charge in [-0.1, -0.05) is 29.8 Å². The standard InChI is InChI=1S/C25H21ClN4O2/c1-15-27-21-11-18(6-10-22(21)29(15)2)25(32)28-20-8-3-16(4-9-20)14-30-23-13-19(26)7-5-17(23)12-24(30)31/h3-11,13H,12,14H2,1-2H3,(H,28,32). The van der Waals surface area contributed by atoms with E-state index in [0.29, 0.717) is 29.2 Å². The molecule has 0 fully saturated rings. The largest absolute Gasteiger partial charge is 0.331 e. The van der Waals surface area contributed by atoms with Gasteiger partial charge in [0.25, 0.3) is 5.91 Å². The van der Waals surface area contributed by atoms with Crippen LogP contribution in [0.2, 0.25) is 5.02 Å². The zero-order valence-electron chi connectivity index (χ0n) is 17.7. The van der Waals surface area contributed by atoms with Crippen molar-refractivity contribution in [2.75, 3.05) is 10.2 Å². The SMILES string of the molecule is Cc1nc2cc(C(=O)Nc3ccc(CN4C(=O)Cc5ccc(Cl)cc54)cc3)ccc2n1C. The fraction of sp³-hybridized carbons (Fsp3) is 0.160. The molecule has 0 spiro atoms. The topological polar surface area (TPSA) is 67.2 Å². The summed E-state index contributed by atoms with van der Waals surface area (Å²) in [6.07, 6.45) is 0.390. The Morgan fingerprint density at radius 2 is 1.88 bits per heavy atom.